The normalized spacial score (nSPS) is 12.8. The van der Waals surface area contributed by atoms with E-state index in [9.17, 15) is 14.4 Å². The van der Waals surface area contributed by atoms with Crippen LogP contribution in [0.5, 0.6) is 5.75 Å². The molecule has 0 radical (unpaired) electrons. The third kappa shape index (κ3) is 3.33. The molecule has 1 aliphatic rings. The van der Waals surface area contributed by atoms with Crippen LogP contribution in [-0.2, 0) is 0 Å². The Bertz CT molecular complexity index is 917. The first kappa shape index (κ1) is 17.7. The van der Waals surface area contributed by atoms with E-state index in [1.165, 1.54) is 11.0 Å². The Morgan fingerprint density at radius 3 is 2.65 bits per heavy atom. The molecule has 0 saturated heterocycles. The second-order valence-corrected chi connectivity index (χ2v) is 6.18. The van der Waals surface area contributed by atoms with Gasteiger partial charge in [0.1, 0.15) is 11.6 Å². The first-order valence-electron chi connectivity index (χ1n) is 8.67. The van der Waals surface area contributed by atoms with E-state index < -0.39 is 17.4 Å². The van der Waals surface area contributed by atoms with Crippen LogP contribution < -0.4 is 21.3 Å². The summed E-state index contributed by atoms with van der Waals surface area (Å²) in [6.07, 6.45) is 4.40. The highest BCUT2D eigenvalue weighted by Gasteiger charge is 2.31. The van der Waals surface area contributed by atoms with Gasteiger partial charge in [-0.3, -0.25) is 24.3 Å². The molecule has 2 heterocycles. The molecule has 2 aromatic rings. The lowest BCUT2D eigenvalue weighted by Crippen LogP contribution is -2.24. The highest BCUT2D eigenvalue weighted by molar-refractivity contribution is 6.23. The van der Waals surface area contributed by atoms with Crippen LogP contribution in [0, 0.1) is 0 Å². The summed E-state index contributed by atoms with van der Waals surface area (Å²) in [7, 11) is 0. The number of nitrogen functional groups attached to an aromatic ring is 1. The van der Waals surface area contributed by atoms with Gasteiger partial charge in [-0.25, -0.2) is 0 Å². The average Bonchev–Trinajstić information content (AvgIpc) is 2.89. The Hall–Kier alpha value is -3.09. The second kappa shape index (κ2) is 7.43. The molecule has 7 nitrogen and oxygen atoms in total. The number of nitrogens with one attached hydrogen (secondary N) is 1. The van der Waals surface area contributed by atoms with Crippen molar-refractivity contribution in [2.75, 3.05) is 12.3 Å². The summed E-state index contributed by atoms with van der Waals surface area (Å²) in [6.45, 7) is 2.74. The molecule has 0 aliphatic carbocycles. The Morgan fingerprint density at radius 1 is 1.08 bits per heavy atom. The Kier molecular flexibility index (Phi) is 5.06. The molecule has 0 saturated carbocycles. The number of unbranched alkanes of at least 4 members (excludes halogenated alkanes) is 3. The molecule has 26 heavy (non-hydrogen) atoms. The maximum Gasteiger partial charge on any atom is 0.262 e. The quantitative estimate of drug-likeness (QED) is 0.586. The first-order valence-corrected chi connectivity index (χ1v) is 8.67. The summed E-state index contributed by atoms with van der Waals surface area (Å²) >= 11 is 0. The monoisotopic (exact) mass is 355 g/mol. The fourth-order valence-electron chi connectivity index (χ4n) is 2.98. The molecule has 7 heteroatoms. The number of pyridine rings is 1. The van der Waals surface area contributed by atoms with Crippen LogP contribution in [0.15, 0.2) is 35.1 Å². The number of ether oxygens (including phenoxy) is 1. The van der Waals surface area contributed by atoms with Crippen molar-refractivity contribution in [1.29, 1.82) is 0 Å². The summed E-state index contributed by atoms with van der Waals surface area (Å²) in [5.74, 6) is -0.646. The maximum absolute atomic E-state index is 12.4. The molecule has 0 atom stereocenters. The molecule has 3 rings (SSSR count). The average molecular weight is 355 g/mol. The van der Waals surface area contributed by atoms with Crippen molar-refractivity contribution < 1.29 is 14.3 Å². The Morgan fingerprint density at radius 2 is 1.88 bits per heavy atom. The van der Waals surface area contributed by atoms with E-state index in [1.807, 2.05) is 0 Å². The number of hydrogen-bond donors (Lipinski definition) is 2. The van der Waals surface area contributed by atoms with Gasteiger partial charge in [-0.15, -0.1) is 0 Å². The van der Waals surface area contributed by atoms with Gasteiger partial charge in [0.25, 0.3) is 17.4 Å². The van der Waals surface area contributed by atoms with E-state index in [2.05, 4.69) is 12.2 Å². The van der Waals surface area contributed by atoms with Crippen molar-refractivity contribution in [3.05, 3.63) is 51.8 Å². The third-order valence-electron chi connectivity index (χ3n) is 4.30. The van der Waals surface area contributed by atoms with E-state index in [0.717, 1.165) is 25.3 Å². The number of anilines is 1. The molecular weight excluding hydrogens is 334 g/mol. The highest BCUT2D eigenvalue weighted by Crippen LogP contribution is 2.24. The van der Waals surface area contributed by atoms with Crippen molar-refractivity contribution in [2.24, 2.45) is 0 Å². The minimum Gasteiger partial charge on any atom is -0.494 e. The Labute approximate surface area is 150 Å². The van der Waals surface area contributed by atoms with Crippen LogP contribution in [0.4, 0.5) is 5.82 Å². The lowest BCUT2D eigenvalue weighted by Gasteiger charge is -2.13. The lowest BCUT2D eigenvalue weighted by atomic mass is 10.1. The van der Waals surface area contributed by atoms with E-state index >= 15 is 0 Å². The van der Waals surface area contributed by atoms with Crippen LogP contribution in [0.1, 0.15) is 53.3 Å². The SMILES string of the molecule is CCCCCCOc1cccc(-n2c(N)c3c(cc2=O)C(=O)NC3=O)c1. The van der Waals surface area contributed by atoms with Crippen LogP contribution in [0.25, 0.3) is 5.69 Å². The molecule has 1 aromatic heterocycles. The molecule has 2 amide bonds. The van der Waals surface area contributed by atoms with Crippen LogP contribution in [0.2, 0.25) is 0 Å². The van der Waals surface area contributed by atoms with Crippen molar-refractivity contribution in [3.63, 3.8) is 0 Å². The molecule has 1 aliphatic heterocycles. The molecule has 136 valence electrons. The number of rotatable bonds is 7. The topological polar surface area (TPSA) is 103 Å². The van der Waals surface area contributed by atoms with E-state index in [-0.39, 0.29) is 16.9 Å². The highest BCUT2D eigenvalue weighted by atomic mass is 16.5. The van der Waals surface area contributed by atoms with Crippen LogP contribution in [-0.4, -0.2) is 23.0 Å². The van der Waals surface area contributed by atoms with Gasteiger partial charge in [-0.05, 0) is 18.6 Å². The summed E-state index contributed by atoms with van der Waals surface area (Å²) in [5, 5.41) is 2.15. The van der Waals surface area contributed by atoms with E-state index in [4.69, 9.17) is 10.5 Å². The number of imide groups is 1. The number of amides is 2. The Balaban J connectivity index is 1.90. The van der Waals surface area contributed by atoms with Crippen molar-refractivity contribution in [2.45, 2.75) is 32.6 Å². The van der Waals surface area contributed by atoms with Gasteiger partial charge in [-0.2, -0.15) is 0 Å². The van der Waals surface area contributed by atoms with Crippen molar-refractivity contribution in [3.8, 4) is 11.4 Å². The van der Waals surface area contributed by atoms with Gasteiger partial charge in [-0.1, -0.05) is 32.3 Å². The number of benzene rings is 1. The van der Waals surface area contributed by atoms with E-state index in [0.29, 0.717) is 18.0 Å². The summed E-state index contributed by atoms with van der Waals surface area (Å²) in [4.78, 5) is 36.1. The van der Waals surface area contributed by atoms with Crippen LogP contribution >= 0.6 is 0 Å². The number of hydrogen-bond acceptors (Lipinski definition) is 5. The molecule has 0 bridgehead atoms. The predicted molar refractivity (Wildman–Crippen MR) is 97.9 cm³/mol. The second-order valence-electron chi connectivity index (χ2n) is 6.18. The molecule has 1 aromatic carbocycles. The predicted octanol–water partition coefficient (Wildman–Crippen LogP) is 2.26. The first-order chi connectivity index (χ1) is 12.5. The zero-order valence-corrected chi connectivity index (χ0v) is 14.6. The summed E-state index contributed by atoms with van der Waals surface area (Å²) in [5.41, 5.74) is 6.07. The zero-order valence-electron chi connectivity index (χ0n) is 14.6. The summed E-state index contributed by atoms with van der Waals surface area (Å²) < 4.78 is 6.94. The van der Waals surface area contributed by atoms with Crippen molar-refractivity contribution in [1.82, 2.24) is 9.88 Å². The smallest absolute Gasteiger partial charge is 0.262 e. The number of carbonyl (C=O) groups is 2. The fourth-order valence-corrected chi connectivity index (χ4v) is 2.98. The van der Waals surface area contributed by atoms with Gasteiger partial charge in [0, 0.05) is 12.1 Å². The van der Waals surface area contributed by atoms with Gasteiger partial charge in [0.05, 0.1) is 23.4 Å². The zero-order chi connectivity index (χ0) is 18.7. The molecular formula is C19H21N3O4. The maximum atomic E-state index is 12.4. The molecule has 0 unspecified atom stereocenters. The van der Waals surface area contributed by atoms with Gasteiger partial charge < -0.3 is 10.5 Å². The largest absolute Gasteiger partial charge is 0.494 e. The van der Waals surface area contributed by atoms with Crippen molar-refractivity contribution >= 4 is 17.6 Å². The number of nitrogens with zero attached hydrogens (tertiary/aromatic N) is 1. The molecule has 0 fully saturated rings. The number of carbonyl (C=O) groups excluding carboxylic acids is 2. The third-order valence-corrected chi connectivity index (χ3v) is 4.30. The van der Waals surface area contributed by atoms with Gasteiger partial charge in [0.15, 0.2) is 0 Å². The molecule has 0 spiro atoms. The number of nitrogens with two attached hydrogens (primary N) is 1. The van der Waals surface area contributed by atoms with Gasteiger partial charge >= 0.3 is 0 Å². The van der Waals surface area contributed by atoms with Crippen LogP contribution in [0.3, 0.4) is 0 Å². The summed E-state index contributed by atoms with van der Waals surface area (Å²) in [6, 6.07) is 8.07. The fraction of sp³-hybridized carbons (Fsp3) is 0.316. The molecule has 3 N–H and O–H groups in total. The van der Waals surface area contributed by atoms with E-state index in [1.54, 1.807) is 24.3 Å². The number of fused-ring (bicyclic) bond motifs is 1. The minimum absolute atomic E-state index is 0.0112. The minimum atomic E-state index is -0.606. The number of aromatic nitrogens is 1. The standard InChI is InChI=1S/C19H21N3O4/c1-2-3-4-5-9-26-13-8-6-7-12(10-13)22-15(23)11-14-16(17(22)20)19(25)21-18(14)24/h6-8,10-11H,2-5,9,20H2,1H3,(H,21,24,25). The lowest BCUT2D eigenvalue weighted by molar-refractivity contribution is 0.0880. The van der Waals surface area contributed by atoms with Gasteiger partial charge in [0.2, 0.25) is 0 Å².